The van der Waals surface area contributed by atoms with E-state index in [0.717, 1.165) is 22.3 Å². The number of ether oxygens (including phenoxy) is 1. The van der Waals surface area contributed by atoms with Crippen molar-refractivity contribution in [1.29, 1.82) is 0 Å². The van der Waals surface area contributed by atoms with Crippen LogP contribution in [0.4, 0.5) is 0 Å². The molecule has 2 rings (SSSR count). The molecule has 0 aliphatic carbocycles. The van der Waals surface area contributed by atoms with Gasteiger partial charge in [0.05, 0.1) is 4.90 Å². The largest absolute Gasteiger partial charge is 0.456 e. The molecule has 0 aromatic heterocycles. The first kappa shape index (κ1) is 20.8. The van der Waals surface area contributed by atoms with Gasteiger partial charge in [-0.05, 0) is 56.5 Å². The lowest BCUT2D eigenvalue weighted by atomic mass is 10.0. The van der Waals surface area contributed by atoms with Gasteiger partial charge in [-0.1, -0.05) is 29.8 Å². The summed E-state index contributed by atoms with van der Waals surface area (Å²) in [4.78, 5) is 24.0. The van der Waals surface area contributed by atoms with Gasteiger partial charge < -0.3 is 4.74 Å². The number of aryl methyl sites for hydroxylation is 4. The van der Waals surface area contributed by atoms with Gasteiger partial charge in [0.15, 0.2) is 6.61 Å². The molecule has 0 heterocycles. The lowest BCUT2D eigenvalue weighted by Crippen LogP contribution is -2.31. The Kier molecular flexibility index (Phi) is 6.51. The van der Waals surface area contributed by atoms with E-state index in [1.807, 2.05) is 19.9 Å². The zero-order chi connectivity index (χ0) is 20.2. The molecule has 0 saturated carbocycles. The SMILES string of the molecule is Cc1ccc(C(=O)COC(=O)CNS(=O)(=O)c2ccc(C)c(C)c2)c(C)c1. The summed E-state index contributed by atoms with van der Waals surface area (Å²) in [5.41, 5.74) is 4.11. The first-order valence-corrected chi connectivity index (χ1v) is 9.91. The Morgan fingerprint density at radius 1 is 0.926 bits per heavy atom. The van der Waals surface area contributed by atoms with E-state index < -0.39 is 29.1 Å². The summed E-state index contributed by atoms with van der Waals surface area (Å²) in [6.07, 6.45) is 0. The third-order valence-electron chi connectivity index (χ3n) is 4.24. The Morgan fingerprint density at radius 2 is 1.63 bits per heavy atom. The highest BCUT2D eigenvalue weighted by molar-refractivity contribution is 7.89. The first-order chi connectivity index (χ1) is 12.6. The van der Waals surface area contributed by atoms with Crippen LogP contribution in [0.2, 0.25) is 0 Å². The summed E-state index contributed by atoms with van der Waals surface area (Å²) in [7, 11) is -3.83. The number of hydrogen-bond acceptors (Lipinski definition) is 5. The molecular formula is C20H23NO5S. The van der Waals surface area contributed by atoms with Crippen molar-refractivity contribution in [2.24, 2.45) is 0 Å². The van der Waals surface area contributed by atoms with Crippen molar-refractivity contribution < 1.29 is 22.7 Å². The van der Waals surface area contributed by atoms with Crippen LogP contribution in [0.25, 0.3) is 0 Å². The van der Waals surface area contributed by atoms with Crippen LogP contribution in [0, 0.1) is 27.7 Å². The molecular weight excluding hydrogens is 366 g/mol. The maximum Gasteiger partial charge on any atom is 0.321 e. The van der Waals surface area contributed by atoms with E-state index in [2.05, 4.69) is 4.72 Å². The number of Topliss-reactive ketones (excluding diaryl/α,β-unsaturated/α-hetero) is 1. The summed E-state index contributed by atoms with van der Waals surface area (Å²) in [5, 5.41) is 0. The maximum atomic E-state index is 12.3. The van der Waals surface area contributed by atoms with Crippen LogP contribution in [0.5, 0.6) is 0 Å². The number of carbonyl (C=O) groups excluding carboxylic acids is 2. The molecule has 0 fully saturated rings. The van der Waals surface area contributed by atoms with Gasteiger partial charge >= 0.3 is 5.97 Å². The Labute approximate surface area is 159 Å². The lowest BCUT2D eigenvalue weighted by molar-refractivity contribution is -0.141. The summed E-state index contributed by atoms with van der Waals surface area (Å²) in [6, 6.07) is 10.1. The molecule has 0 atom stereocenters. The van der Waals surface area contributed by atoms with E-state index in [9.17, 15) is 18.0 Å². The average Bonchev–Trinajstić information content (AvgIpc) is 2.60. The van der Waals surface area contributed by atoms with Gasteiger partial charge in [0.25, 0.3) is 0 Å². The average molecular weight is 389 g/mol. The number of carbonyl (C=O) groups is 2. The summed E-state index contributed by atoms with van der Waals surface area (Å²) in [5.74, 6) is -1.15. The highest BCUT2D eigenvalue weighted by Crippen LogP contribution is 2.14. The van der Waals surface area contributed by atoms with Crippen molar-refractivity contribution in [2.75, 3.05) is 13.2 Å². The van der Waals surface area contributed by atoms with Crippen LogP contribution < -0.4 is 4.72 Å². The molecule has 2 aromatic rings. The van der Waals surface area contributed by atoms with Crippen molar-refractivity contribution in [3.63, 3.8) is 0 Å². The Hall–Kier alpha value is -2.51. The molecule has 27 heavy (non-hydrogen) atoms. The number of rotatable bonds is 7. The van der Waals surface area contributed by atoms with Crippen molar-refractivity contribution in [3.05, 3.63) is 64.2 Å². The van der Waals surface area contributed by atoms with Crippen LogP contribution in [0.3, 0.4) is 0 Å². The fourth-order valence-electron chi connectivity index (χ4n) is 2.52. The van der Waals surface area contributed by atoms with Crippen molar-refractivity contribution in [1.82, 2.24) is 4.72 Å². The normalized spacial score (nSPS) is 11.3. The van der Waals surface area contributed by atoms with E-state index in [1.165, 1.54) is 12.1 Å². The van der Waals surface area contributed by atoms with E-state index in [4.69, 9.17) is 4.74 Å². The minimum Gasteiger partial charge on any atom is -0.456 e. The minimum atomic E-state index is -3.83. The number of hydrogen-bond donors (Lipinski definition) is 1. The van der Waals surface area contributed by atoms with Crippen LogP contribution in [0.15, 0.2) is 41.3 Å². The van der Waals surface area contributed by atoms with E-state index in [1.54, 1.807) is 32.0 Å². The summed E-state index contributed by atoms with van der Waals surface area (Å²) < 4.78 is 31.6. The smallest absolute Gasteiger partial charge is 0.321 e. The number of benzene rings is 2. The zero-order valence-corrected chi connectivity index (χ0v) is 16.6. The molecule has 0 amide bonds. The van der Waals surface area contributed by atoms with Crippen molar-refractivity contribution in [2.45, 2.75) is 32.6 Å². The molecule has 0 radical (unpaired) electrons. The van der Waals surface area contributed by atoms with Gasteiger partial charge in [0.1, 0.15) is 6.54 Å². The van der Waals surface area contributed by atoms with Gasteiger partial charge in [-0.15, -0.1) is 0 Å². The van der Waals surface area contributed by atoms with Gasteiger partial charge in [0, 0.05) is 5.56 Å². The van der Waals surface area contributed by atoms with Gasteiger partial charge in [-0.25, -0.2) is 8.42 Å². The van der Waals surface area contributed by atoms with Crippen LogP contribution in [0.1, 0.15) is 32.6 Å². The number of ketones is 1. The van der Waals surface area contributed by atoms with Crippen LogP contribution in [-0.4, -0.2) is 33.3 Å². The zero-order valence-electron chi connectivity index (χ0n) is 15.8. The Bertz CT molecular complexity index is 980. The molecule has 6 nitrogen and oxygen atoms in total. The molecule has 1 N–H and O–H groups in total. The van der Waals surface area contributed by atoms with Crippen LogP contribution in [-0.2, 0) is 19.6 Å². The fourth-order valence-corrected chi connectivity index (χ4v) is 3.57. The van der Waals surface area contributed by atoms with E-state index in [0.29, 0.717) is 5.56 Å². The fraction of sp³-hybridized carbons (Fsp3) is 0.300. The first-order valence-electron chi connectivity index (χ1n) is 8.43. The highest BCUT2D eigenvalue weighted by Gasteiger charge is 2.18. The number of nitrogens with one attached hydrogen (secondary N) is 1. The molecule has 0 spiro atoms. The monoisotopic (exact) mass is 389 g/mol. The Balaban J connectivity index is 1.91. The molecule has 2 aromatic carbocycles. The van der Waals surface area contributed by atoms with E-state index >= 15 is 0 Å². The highest BCUT2D eigenvalue weighted by atomic mass is 32.2. The summed E-state index contributed by atoms with van der Waals surface area (Å²) in [6.45, 7) is 6.43. The lowest BCUT2D eigenvalue weighted by Gasteiger charge is -2.09. The molecule has 0 bridgehead atoms. The predicted molar refractivity (Wildman–Crippen MR) is 102 cm³/mol. The maximum absolute atomic E-state index is 12.3. The van der Waals surface area contributed by atoms with Crippen LogP contribution >= 0.6 is 0 Å². The molecule has 7 heteroatoms. The quantitative estimate of drug-likeness (QED) is 0.581. The summed E-state index contributed by atoms with van der Waals surface area (Å²) >= 11 is 0. The molecule has 0 aliphatic rings. The Morgan fingerprint density at radius 3 is 2.26 bits per heavy atom. The second-order valence-corrected chi connectivity index (χ2v) is 8.24. The standard InChI is InChI=1S/C20H23NO5S/c1-13-5-8-18(16(4)9-13)19(22)12-26-20(23)11-21-27(24,25)17-7-6-14(2)15(3)10-17/h5-10,21H,11-12H2,1-4H3. The minimum absolute atomic E-state index is 0.0738. The second kappa shape index (κ2) is 8.45. The second-order valence-electron chi connectivity index (χ2n) is 6.47. The molecule has 0 aliphatic heterocycles. The molecule has 144 valence electrons. The van der Waals surface area contributed by atoms with Crippen molar-refractivity contribution in [3.8, 4) is 0 Å². The molecule has 0 unspecified atom stereocenters. The number of sulfonamides is 1. The van der Waals surface area contributed by atoms with Gasteiger partial charge in [-0.2, -0.15) is 4.72 Å². The molecule has 0 saturated heterocycles. The van der Waals surface area contributed by atoms with Crippen molar-refractivity contribution >= 4 is 21.8 Å². The van der Waals surface area contributed by atoms with Gasteiger partial charge in [-0.3, -0.25) is 9.59 Å². The number of esters is 1. The van der Waals surface area contributed by atoms with E-state index in [-0.39, 0.29) is 10.7 Å². The third kappa shape index (κ3) is 5.48. The third-order valence-corrected chi connectivity index (χ3v) is 5.64. The topological polar surface area (TPSA) is 89.5 Å². The van der Waals surface area contributed by atoms with Gasteiger partial charge in [0.2, 0.25) is 15.8 Å². The predicted octanol–water partition coefficient (Wildman–Crippen LogP) is 2.62.